The number of hydrogen-bond donors (Lipinski definition) is 1. The van der Waals surface area contributed by atoms with Crippen LogP contribution in [-0.2, 0) is 4.74 Å². The summed E-state index contributed by atoms with van der Waals surface area (Å²) in [4.78, 5) is 0. The van der Waals surface area contributed by atoms with Gasteiger partial charge in [-0.15, -0.1) is 5.53 Å². The van der Waals surface area contributed by atoms with Crippen molar-refractivity contribution >= 4 is 7.85 Å². The van der Waals surface area contributed by atoms with Gasteiger partial charge >= 0.3 is 0 Å². The van der Waals surface area contributed by atoms with E-state index in [1.165, 1.54) is 0 Å². The van der Waals surface area contributed by atoms with Gasteiger partial charge in [0.05, 0.1) is 6.04 Å². The fourth-order valence-corrected chi connectivity index (χ4v) is 1.86. The lowest BCUT2D eigenvalue weighted by molar-refractivity contribution is 0.0147. The third-order valence-electron chi connectivity index (χ3n) is 2.95. The molecular formula is C9H16BN3O. The lowest BCUT2D eigenvalue weighted by Crippen LogP contribution is -2.47. The second kappa shape index (κ2) is 3.83. The molecule has 0 unspecified atom stereocenters. The minimum absolute atomic E-state index is 0.462. The monoisotopic (exact) mass is 193 g/mol. The highest BCUT2D eigenvalue weighted by atomic mass is 16.5. The van der Waals surface area contributed by atoms with Crippen molar-refractivity contribution in [1.82, 2.24) is 15.6 Å². The van der Waals surface area contributed by atoms with Crippen LogP contribution in [0.5, 0.6) is 0 Å². The zero-order valence-electron chi connectivity index (χ0n) is 8.79. The van der Waals surface area contributed by atoms with Crippen LogP contribution in [0, 0.1) is 0 Å². The molecule has 0 saturated carbocycles. The summed E-state index contributed by atoms with van der Waals surface area (Å²) in [5, 5.41) is 4.00. The van der Waals surface area contributed by atoms with Gasteiger partial charge in [-0.1, -0.05) is 0 Å². The Balaban J connectivity index is 2.05. The lowest BCUT2D eigenvalue weighted by Gasteiger charge is -2.34. The van der Waals surface area contributed by atoms with Crippen LogP contribution in [0.15, 0.2) is 11.3 Å². The first kappa shape index (κ1) is 9.86. The highest BCUT2D eigenvalue weighted by Crippen LogP contribution is 2.22. The van der Waals surface area contributed by atoms with Crippen LogP contribution in [0.1, 0.15) is 19.8 Å². The molecule has 2 radical (unpaired) electrons. The number of allylic oxidation sites excluding steroid dienone is 1. The van der Waals surface area contributed by atoms with E-state index < -0.39 is 0 Å². The molecule has 2 rings (SSSR count). The van der Waals surface area contributed by atoms with Crippen LogP contribution in [0.4, 0.5) is 0 Å². The molecule has 0 atom stereocenters. The van der Waals surface area contributed by atoms with Crippen molar-refractivity contribution in [2.45, 2.75) is 25.8 Å². The summed E-state index contributed by atoms with van der Waals surface area (Å²) in [5.74, 6) is 0. The number of hydrogen-bond acceptors (Lipinski definition) is 4. The van der Waals surface area contributed by atoms with Crippen LogP contribution in [0.3, 0.4) is 0 Å². The third-order valence-corrected chi connectivity index (χ3v) is 2.95. The Labute approximate surface area is 86.2 Å². The molecule has 0 amide bonds. The molecule has 0 aromatic heterocycles. The normalized spacial score (nSPS) is 25.0. The van der Waals surface area contributed by atoms with Gasteiger partial charge in [-0.05, 0) is 25.4 Å². The molecule has 0 aromatic rings. The maximum Gasteiger partial charge on any atom is 0.143 e. The minimum Gasteiger partial charge on any atom is -0.381 e. The first-order chi connectivity index (χ1) is 6.70. The van der Waals surface area contributed by atoms with Gasteiger partial charge < -0.3 is 9.75 Å². The predicted molar refractivity (Wildman–Crippen MR) is 55.0 cm³/mol. The molecule has 0 spiro atoms. The summed E-state index contributed by atoms with van der Waals surface area (Å²) in [5.41, 5.74) is 5.15. The van der Waals surface area contributed by atoms with E-state index in [2.05, 4.69) is 10.5 Å². The van der Waals surface area contributed by atoms with E-state index in [0.29, 0.717) is 6.04 Å². The molecule has 1 saturated heterocycles. The Morgan fingerprint density at radius 2 is 2.07 bits per heavy atom. The van der Waals surface area contributed by atoms with E-state index in [1.54, 1.807) is 0 Å². The van der Waals surface area contributed by atoms with Gasteiger partial charge in [0.1, 0.15) is 7.85 Å². The van der Waals surface area contributed by atoms with Crippen LogP contribution in [0.25, 0.3) is 0 Å². The Hall–Kier alpha value is -0.675. The van der Waals surface area contributed by atoms with E-state index in [1.807, 2.05) is 19.0 Å². The maximum absolute atomic E-state index is 6.00. The molecule has 2 heterocycles. The molecule has 0 bridgehead atoms. The summed E-state index contributed by atoms with van der Waals surface area (Å²) < 4.78 is 5.32. The standard InChI is InChI=1S/C9H16BN3O/c1-7-9(10)13(11-12(7)2)8-3-5-14-6-4-8/h8,11H,3-6H2,1-2H3. The van der Waals surface area contributed by atoms with Crippen molar-refractivity contribution in [3.8, 4) is 0 Å². The molecule has 4 nitrogen and oxygen atoms in total. The Morgan fingerprint density at radius 1 is 1.43 bits per heavy atom. The Morgan fingerprint density at radius 3 is 2.57 bits per heavy atom. The number of rotatable bonds is 1. The van der Waals surface area contributed by atoms with E-state index >= 15 is 0 Å². The predicted octanol–water partition coefficient (Wildman–Crippen LogP) is 0.190. The quantitative estimate of drug-likeness (QED) is 0.601. The SMILES string of the molecule is [B]C1=C(C)N(C)NN1C1CCOCC1. The molecule has 76 valence electrons. The van der Waals surface area contributed by atoms with E-state index in [4.69, 9.17) is 12.6 Å². The van der Waals surface area contributed by atoms with Crippen LogP contribution < -0.4 is 5.53 Å². The van der Waals surface area contributed by atoms with Gasteiger partial charge in [-0.25, -0.2) is 0 Å². The molecule has 1 N–H and O–H groups in total. The fourth-order valence-electron chi connectivity index (χ4n) is 1.86. The third kappa shape index (κ3) is 1.62. The fraction of sp³-hybridized carbons (Fsp3) is 0.778. The van der Waals surface area contributed by atoms with Crippen molar-refractivity contribution in [2.75, 3.05) is 20.3 Å². The summed E-state index contributed by atoms with van der Waals surface area (Å²) in [6.45, 7) is 3.68. The molecule has 14 heavy (non-hydrogen) atoms. The zero-order valence-corrected chi connectivity index (χ0v) is 8.79. The maximum atomic E-state index is 6.00. The van der Waals surface area contributed by atoms with Gasteiger partial charge in [0.25, 0.3) is 0 Å². The summed E-state index contributed by atoms with van der Waals surface area (Å²) in [6, 6.07) is 0.462. The second-order valence-corrected chi connectivity index (χ2v) is 3.84. The first-order valence-corrected chi connectivity index (χ1v) is 5.03. The van der Waals surface area contributed by atoms with Crippen molar-refractivity contribution in [3.05, 3.63) is 11.3 Å². The lowest BCUT2D eigenvalue weighted by atomic mass is 9.98. The van der Waals surface area contributed by atoms with Crippen LogP contribution in [-0.4, -0.2) is 44.2 Å². The number of hydrazine groups is 2. The average Bonchev–Trinajstić information content (AvgIpc) is 2.47. The van der Waals surface area contributed by atoms with Crippen molar-refractivity contribution in [2.24, 2.45) is 0 Å². The van der Waals surface area contributed by atoms with E-state index in [-0.39, 0.29) is 0 Å². The molecule has 2 aliphatic rings. The highest BCUT2D eigenvalue weighted by molar-refractivity contribution is 6.21. The molecule has 0 aromatic carbocycles. The first-order valence-electron chi connectivity index (χ1n) is 5.03. The molecule has 5 heteroatoms. The number of ether oxygens (including phenoxy) is 1. The summed E-state index contributed by atoms with van der Waals surface area (Å²) >= 11 is 0. The van der Waals surface area contributed by atoms with Gasteiger partial charge in [0, 0.05) is 26.0 Å². The average molecular weight is 193 g/mol. The number of nitrogens with one attached hydrogen (secondary N) is 1. The minimum atomic E-state index is 0.462. The smallest absolute Gasteiger partial charge is 0.143 e. The van der Waals surface area contributed by atoms with Crippen LogP contribution in [0.2, 0.25) is 0 Å². The molecule has 0 aliphatic carbocycles. The summed E-state index contributed by atoms with van der Waals surface area (Å²) in [6.07, 6.45) is 2.07. The Bertz CT molecular complexity index is 250. The summed E-state index contributed by atoms with van der Waals surface area (Å²) in [7, 11) is 7.98. The second-order valence-electron chi connectivity index (χ2n) is 3.84. The molecule has 1 fully saturated rings. The molecule has 2 aliphatic heterocycles. The van der Waals surface area contributed by atoms with E-state index in [9.17, 15) is 0 Å². The van der Waals surface area contributed by atoms with Gasteiger partial charge in [0.2, 0.25) is 0 Å². The van der Waals surface area contributed by atoms with Crippen molar-refractivity contribution < 1.29 is 4.74 Å². The van der Waals surface area contributed by atoms with Crippen molar-refractivity contribution in [3.63, 3.8) is 0 Å². The van der Waals surface area contributed by atoms with Gasteiger partial charge in [-0.3, -0.25) is 5.01 Å². The van der Waals surface area contributed by atoms with Crippen LogP contribution >= 0.6 is 0 Å². The van der Waals surface area contributed by atoms with Crippen molar-refractivity contribution in [1.29, 1.82) is 0 Å². The highest BCUT2D eigenvalue weighted by Gasteiger charge is 2.27. The zero-order chi connectivity index (χ0) is 10.1. The van der Waals surface area contributed by atoms with Gasteiger partial charge in [0.15, 0.2) is 0 Å². The number of nitrogens with zero attached hydrogens (tertiary/aromatic N) is 2. The topological polar surface area (TPSA) is 27.7 Å². The molecular weight excluding hydrogens is 177 g/mol. The largest absolute Gasteiger partial charge is 0.381 e. The Kier molecular flexibility index (Phi) is 2.70. The van der Waals surface area contributed by atoms with Gasteiger partial charge in [-0.2, -0.15) is 0 Å². The van der Waals surface area contributed by atoms with E-state index in [0.717, 1.165) is 37.3 Å².